The molecular formula is C18H34N6O. The van der Waals surface area contributed by atoms with Crippen LogP contribution in [0.3, 0.4) is 0 Å². The van der Waals surface area contributed by atoms with Crippen molar-refractivity contribution in [3.05, 3.63) is 17.0 Å². The fraction of sp³-hybridized carbons (Fsp3) is 0.722. The van der Waals surface area contributed by atoms with Gasteiger partial charge in [0.1, 0.15) is 6.54 Å². The molecule has 0 unspecified atom stereocenters. The first-order valence-corrected chi connectivity index (χ1v) is 9.08. The summed E-state index contributed by atoms with van der Waals surface area (Å²) in [6.07, 6.45) is 4.17. The van der Waals surface area contributed by atoms with Crippen molar-refractivity contribution in [2.24, 2.45) is 12.0 Å². The van der Waals surface area contributed by atoms with E-state index in [1.165, 1.54) is 11.3 Å². The minimum Gasteiger partial charge on any atom is -0.356 e. The van der Waals surface area contributed by atoms with Crippen LogP contribution in [0.25, 0.3) is 0 Å². The molecule has 2 N–H and O–H groups in total. The molecule has 0 atom stereocenters. The third kappa shape index (κ3) is 7.15. The highest BCUT2D eigenvalue weighted by Gasteiger charge is 2.09. The zero-order chi connectivity index (χ0) is 18.8. The second-order valence-electron chi connectivity index (χ2n) is 6.54. The summed E-state index contributed by atoms with van der Waals surface area (Å²) in [5.74, 6) is 0.710. The molecule has 25 heavy (non-hydrogen) atoms. The molecule has 0 spiro atoms. The topological polar surface area (TPSA) is 74.6 Å². The zero-order valence-corrected chi connectivity index (χ0v) is 16.6. The number of guanidine groups is 1. The Labute approximate surface area is 151 Å². The summed E-state index contributed by atoms with van der Waals surface area (Å²) in [6, 6.07) is 0. The molecule has 0 bridgehead atoms. The molecule has 1 heterocycles. The normalized spacial score (nSPS) is 11.5. The van der Waals surface area contributed by atoms with Gasteiger partial charge < -0.3 is 15.5 Å². The van der Waals surface area contributed by atoms with Crippen LogP contribution in [0.2, 0.25) is 0 Å². The van der Waals surface area contributed by atoms with Crippen LogP contribution in [0.5, 0.6) is 0 Å². The minimum absolute atomic E-state index is 0.00167. The van der Waals surface area contributed by atoms with Gasteiger partial charge in [0, 0.05) is 39.9 Å². The summed E-state index contributed by atoms with van der Waals surface area (Å²) in [6.45, 7) is 8.15. The number of carbonyl (C=O) groups is 1. The highest BCUT2D eigenvalue weighted by molar-refractivity contribution is 5.84. The number of likely N-dealkylation sites (N-methyl/N-ethyl adjacent to an activating group) is 1. The summed E-state index contributed by atoms with van der Waals surface area (Å²) in [7, 11) is 5.47. The molecule has 1 amide bonds. The van der Waals surface area contributed by atoms with Gasteiger partial charge in [-0.1, -0.05) is 13.3 Å². The largest absolute Gasteiger partial charge is 0.356 e. The lowest BCUT2D eigenvalue weighted by molar-refractivity contribution is -0.127. The number of carbonyl (C=O) groups excluding carboxylic acids is 1. The van der Waals surface area contributed by atoms with E-state index in [4.69, 9.17) is 0 Å². The molecule has 0 saturated carbocycles. The Hall–Kier alpha value is -2.05. The van der Waals surface area contributed by atoms with Crippen molar-refractivity contribution in [2.45, 2.75) is 46.5 Å². The van der Waals surface area contributed by atoms with Crippen LogP contribution in [0.15, 0.2) is 4.99 Å². The minimum atomic E-state index is -0.00167. The monoisotopic (exact) mass is 350 g/mol. The average molecular weight is 351 g/mol. The number of rotatable bonds is 9. The molecule has 0 saturated heterocycles. The SMILES string of the molecule is CCCCNC(=NCC(=O)N(C)C)NCCCc1c(C)nn(C)c1C. The Balaban J connectivity index is 2.50. The Kier molecular flexibility index (Phi) is 9.02. The number of amides is 1. The number of hydrogen-bond acceptors (Lipinski definition) is 3. The molecule has 1 aromatic heterocycles. The van der Waals surface area contributed by atoms with Crippen molar-refractivity contribution in [1.82, 2.24) is 25.3 Å². The second-order valence-corrected chi connectivity index (χ2v) is 6.54. The fourth-order valence-corrected chi connectivity index (χ4v) is 2.50. The van der Waals surface area contributed by atoms with Gasteiger partial charge in [0.15, 0.2) is 5.96 Å². The summed E-state index contributed by atoms with van der Waals surface area (Å²) < 4.78 is 1.93. The quantitative estimate of drug-likeness (QED) is 0.401. The van der Waals surface area contributed by atoms with E-state index in [9.17, 15) is 4.79 Å². The van der Waals surface area contributed by atoms with E-state index >= 15 is 0 Å². The van der Waals surface area contributed by atoms with Crippen LogP contribution in [0.1, 0.15) is 43.1 Å². The molecular weight excluding hydrogens is 316 g/mol. The van der Waals surface area contributed by atoms with E-state index in [0.717, 1.165) is 44.5 Å². The van der Waals surface area contributed by atoms with E-state index in [-0.39, 0.29) is 12.5 Å². The Morgan fingerprint density at radius 1 is 1.20 bits per heavy atom. The van der Waals surface area contributed by atoms with Gasteiger partial charge >= 0.3 is 0 Å². The van der Waals surface area contributed by atoms with Gasteiger partial charge in [-0.05, 0) is 38.7 Å². The van der Waals surface area contributed by atoms with Crippen LogP contribution in [0, 0.1) is 13.8 Å². The third-order valence-corrected chi connectivity index (χ3v) is 4.25. The van der Waals surface area contributed by atoms with Gasteiger partial charge in [0.2, 0.25) is 5.91 Å². The Bertz CT molecular complexity index is 576. The molecule has 0 aliphatic rings. The summed E-state index contributed by atoms with van der Waals surface area (Å²) in [5.41, 5.74) is 3.65. The van der Waals surface area contributed by atoms with Crippen molar-refractivity contribution in [2.75, 3.05) is 33.7 Å². The summed E-state index contributed by atoms with van der Waals surface area (Å²) in [4.78, 5) is 17.7. The van der Waals surface area contributed by atoms with E-state index in [0.29, 0.717) is 5.96 Å². The van der Waals surface area contributed by atoms with Crippen molar-refractivity contribution >= 4 is 11.9 Å². The lowest BCUT2D eigenvalue weighted by Gasteiger charge is -2.13. The number of aliphatic imine (C=N–C) groups is 1. The molecule has 1 rings (SSSR count). The first kappa shape index (κ1) is 21.0. The first-order valence-electron chi connectivity index (χ1n) is 9.08. The maximum absolute atomic E-state index is 11.7. The van der Waals surface area contributed by atoms with E-state index in [1.54, 1.807) is 19.0 Å². The van der Waals surface area contributed by atoms with E-state index in [1.807, 2.05) is 11.7 Å². The van der Waals surface area contributed by atoms with Gasteiger partial charge in [-0.3, -0.25) is 9.48 Å². The maximum Gasteiger partial charge on any atom is 0.243 e. The second kappa shape index (κ2) is 10.7. The number of nitrogens with one attached hydrogen (secondary N) is 2. The first-order chi connectivity index (χ1) is 11.9. The molecule has 0 aliphatic heterocycles. The van der Waals surface area contributed by atoms with E-state index < -0.39 is 0 Å². The molecule has 0 radical (unpaired) electrons. The lowest BCUT2D eigenvalue weighted by Crippen LogP contribution is -2.39. The number of aryl methyl sites for hydroxylation is 2. The lowest BCUT2D eigenvalue weighted by atomic mass is 10.1. The van der Waals surface area contributed by atoms with Crippen molar-refractivity contribution in [1.29, 1.82) is 0 Å². The van der Waals surface area contributed by atoms with Gasteiger partial charge in [-0.25, -0.2) is 4.99 Å². The van der Waals surface area contributed by atoms with Crippen LogP contribution >= 0.6 is 0 Å². The van der Waals surface area contributed by atoms with Crippen molar-refractivity contribution < 1.29 is 4.79 Å². The van der Waals surface area contributed by atoms with Crippen molar-refractivity contribution in [3.8, 4) is 0 Å². The predicted molar refractivity (Wildman–Crippen MR) is 103 cm³/mol. The van der Waals surface area contributed by atoms with Crippen LogP contribution in [-0.2, 0) is 18.3 Å². The van der Waals surface area contributed by atoms with Gasteiger partial charge in [0.05, 0.1) is 5.69 Å². The molecule has 7 nitrogen and oxygen atoms in total. The van der Waals surface area contributed by atoms with Crippen LogP contribution in [-0.4, -0.2) is 60.3 Å². The number of unbranched alkanes of at least 4 members (excludes halogenated alkanes) is 1. The zero-order valence-electron chi connectivity index (χ0n) is 16.6. The standard InChI is InChI=1S/C18H34N6O/c1-7-8-11-19-18(21-13-17(25)23(4)5)20-12-9-10-16-14(2)22-24(6)15(16)3/h7-13H2,1-6H3,(H2,19,20,21). The highest BCUT2D eigenvalue weighted by atomic mass is 16.2. The number of nitrogens with zero attached hydrogens (tertiary/aromatic N) is 4. The number of aromatic nitrogens is 2. The van der Waals surface area contributed by atoms with Gasteiger partial charge in [-0.2, -0.15) is 5.10 Å². The van der Waals surface area contributed by atoms with Gasteiger partial charge in [-0.15, -0.1) is 0 Å². The Morgan fingerprint density at radius 2 is 1.84 bits per heavy atom. The molecule has 0 fully saturated rings. The number of hydrogen-bond donors (Lipinski definition) is 2. The predicted octanol–water partition coefficient (Wildman–Crippen LogP) is 1.39. The Morgan fingerprint density at radius 3 is 2.36 bits per heavy atom. The molecule has 1 aromatic rings. The van der Waals surface area contributed by atoms with Crippen LogP contribution in [0.4, 0.5) is 0 Å². The maximum atomic E-state index is 11.7. The average Bonchev–Trinajstić information content (AvgIpc) is 2.81. The summed E-state index contributed by atoms with van der Waals surface area (Å²) >= 11 is 0. The molecule has 0 aliphatic carbocycles. The summed E-state index contributed by atoms with van der Waals surface area (Å²) in [5, 5.41) is 11.1. The third-order valence-electron chi connectivity index (χ3n) is 4.25. The van der Waals surface area contributed by atoms with Gasteiger partial charge in [0.25, 0.3) is 0 Å². The van der Waals surface area contributed by atoms with E-state index in [2.05, 4.69) is 41.5 Å². The molecule has 0 aromatic carbocycles. The highest BCUT2D eigenvalue weighted by Crippen LogP contribution is 2.13. The fourth-order valence-electron chi connectivity index (χ4n) is 2.50. The van der Waals surface area contributed by atoms with Crippen molar-refractivity contribution in [3.63, 3.8) is 0 Å². The smallest absolute Gasteiger partial charge is 0.243 e. The molecule has 7 heteroatoms. The molecule has 142 valence electrons. The van der Waals surface area contributed by atoms with Crippen LogP contribution < -0.4 is 10.6 Å².